The zero-order valence-corrected chi connectivity index (χ0v) is 11.2. The Kier molecular flexibility index (Phi) is 4.55. The van der Waals surface area contributed by atoms with Crippen molar-refractivity contribution in [2.45, 2.75) is 13.0 Å². The first-order valence-electron chi connectivity index (χ1n) is 5.30. The largest absolute Gasteiger partial charge is 0.449 e. The molecule has 0 radical (unpaired) electrons. The molecular weight excluding hydrogens is 256 g/mol. The molecule has 0 aliphatic carbocycles. The van der Waals surface area contributed by atoms with Gasteiger partial charge in [0.25, 0.3) is 5.91 Å². The van der Waals surface area contributed by atoms with Crippen molar-refractivity contribution in [3.63, 3.8) is 0 Å². The minimum absolute atomic E-state index is 0.192. The van der Waals surface area contributed by atoms with Crippen molar-refractivity contribution in [1.29, 1.82) is 0 Å². The van der Waals surface area contributed by atoms with E-state index >= 15 is 0 Å². The van der Waals surface area contributed by atoms with Crippen LogP contribution in [0.3, 0.4) is 0 Å². The first-order chi connectivity index (χ1) is 8.32. The molecule has 0 saturated carbocycles. The fraction of sp³-hybridized carbons (Fsp3) is 0.333. The molecule has 0 aromatic heterocycles. The SMILES string of the molecule is CC(OC(=O)c1ccc(Cl)cc1N)C(=O)N(C)C. The lowest BCUT2D eigenvalue weighted by Gasteiger charge is -2.17. The maximum atomic E-state index is 11.8. The quantitative estimate of drug-likeness (QED) is 0.668. The number of ether oxygens (including phenoxy) is 1. The number of nitrogens with two attached hydrogens (primary N) is 1. The standard InChI is InChI=1S/C12H15ClN2O3/c1-7(11(16)15(2)3)18-12(17)9-5-4-8(13)6-10(9)14/h4-7H,14H2,1-3H3. The van der Waals surface area contributed by atoms with E-state index in [0.29, 0.717) is 5.02 Å². The molecule has 0 saturated heterocycles. The van der Waals surface area contributed by atoms with Crippen molar-refractivity contribution >= 4 is 29.2 Å². The predicted molar refractivity (Wildman–Crippen MR) is 69.4 cm³/mol. The number of nitrogens with zero attached hydrogens (tertiary/aromatic N) is 1. The van der Waals surface area contributed by atoms with Crippen molar-refractivity contribution in [2.24, 2.45) is 0 Å². The van der Waals surface area contributed by atoms with E-state index in [0.717, 1.165) is 0 Å². The van der Waals surface area contributed by atoms with E-state index in [1.54, 1.807) is 14.1 Å². The molecule has 0 aliphatic rings. The monoisotopic (exact) mass is 270 g/mol. The average Bonchev–Trinajstić information content (AvgIpc) is 2.27. The summed E-state index contributed by atoms with van der Waals surface area (Å²) in [5.41, 5.74) is 6.07. The Hall–Kier alpha value is -1.75. The summed E-state index contributed by atoms with van der Waals surface area (Å²) in [6.45, 7) is 1.51. The summed E-state index contributed by atoms with van der Waals surface area (Å²) in [7, 11) is 3.17. The summed E-state index contributed by atoms with van der Waals surface area (Å²) < 4.78 is 5.03. The van der Waals surface area contributed by atoms with Crippen LogP contribution in [0.15, 0.2) is 18.2 Å². The lowest BCUT2D eigenvalue weighted by Crippen LogP contribution is -2.35. The van der Waals surface area contributed by atoms with Crippen LogP contribution in [-0.4, -0.2) is 37.0 Å². The second kappa shape index (κ2) is 5.73. The summed E-state index contributed by atoms with van der Waals surface area (Å²) in [5.74, 6) is -0.942. The summed E-state index contributed by atoms with van der Waals surface area (Å²) in [6, 6.07) is 4.45. The molecule has 1 aromatic rings. The van der Waals surface area contributed by atoms with Crippen LogP contribution < -0.4 is 5.73 Å². The summed E-state index contributed by atoms with van der Waals surface area (Å²) in [6.07, 6.45) is -0.859. The Labute approximate surface area is 110 Å². The molecule has 1 unspecified atom stereocenters. The van der Waals surface area contributed by atoms with E-state index in [-0.39, 0.29) is 17.2 Å². The van der Waals surface area contributed by atoms with Crippen molar-refractivity contribution in [3.05, 3.63) is 28.8 Å². The molecule has 0 spiro atoms. The molecule has 6 heteroatoms. The molecule has 5 nitrogen and oxygen atoms in total. The molecular formula is C12H15ClN2O3. The first kappa shape index (κ1) is 14.3. The van der Waals surface area contributed by atoms with Gasteiger partial charge in [0.2, 0.25) is 0 Å². The van der Waals surface area contributed by atoms with E-state index in [9.17, 15) is 9.59 Å². The minimum Gasteiger partial charge on any atom is -0.449 e. The smallest absolute Gasteiger partial charge is 0.341 e. The normalized spacial score (nSPS) is 11.8. The van der Waals surface area contributed by atoms with Gasteiger partial charge in [0.15, 0.2) is 6.10 Å². The zero-order chi connectivity index (χ0) is 13.9. The topological polar surface area (TPSA) is 72.6 Å². The van der Waals surface area contributed by atoms with E-state index < -0.39 is 12.1 Å². The Morgan fingerprint density at radius 1 is 1.39 bits per heavy atom. The number of benzene rings is 1. The van der Waals surface area contributed by atoms with Crippen LogP contribution in [0.25, 0.3) is 0 Å². The van der Waals surface area contributed by atoms with Gasteiger partial charge in [-0.1, -0.05) is 11.6 Å². The van der Waals surface area contributed by atoms with Crippen LogP contribution in [-0.2, 0) is 9.53 Å². The number of esters is 1. The van der Waals surface area contributed by atoms with E-state index in [4.69, 9.17) is 22.1 Å². The number of carbonyl (C=O) groups is 2. The lowest BCUT2D eigenvalue weighted by molar-refractivity contribution is -0.137. The molecule has 0 aliphatic heterocycles. The summed E-state index contributed by atoms with van der Waals surface area (Å²) in [4.78, 5) is 24.7. The van der Waals surface area contributed by atoms with Gasteiger partial charge in [-0.25, -0.2) is 4.79 Å². The third-order valence-electron chi connectivity index (χ3n) is 2.31. The minimum atomic E-state index is -0.859. The second-order valence-electron chi connectivity index (χ2n) is 4.01. The highest BCUT2D eigenvalue weighted by atomic mass is 35.5. The zero-order valence-electron chi connectivity index (χ0n) is 10.4. The van der Waals surface area contributed by atoms with Gasteiger partial charge in [-0.2, -0.15) is 0 Å². The van der Waals surface area contributed by atoms with Gasteiger partial charge >= 0.3 is 5.97 Å². The molecule has 2 N–H and O–H groups in total. The molecule has 0 bridgehead atoms. The highest BCUT2D eigenvalue weighted by molar-refractivity contribution is 6.31. The van der Waals surface area contributed by atoms with Gasteiger partial charge in [-0.3, -0.25) is 4.79 Å². The molecule has 18 heavy (non-hydrogen) atoms. The van der Waals surface area contributed by atoms with Crippen LogP contribution in [0.1, 0.15) is 17.3 Å². The van der Waals surface area contributed by atoms with E-state index in [1.807, 2.05) is 0 Å². The van der Waals surface area contributed by atoms with Gasteiger partial charge in [-0.15, -0.1) is 0 Å². The molecule has 1 aromatic carbocycles. The van der Waals surface area contributed by atoms with Gasteiger partial charge in [0, 0.05) is 24.8 Å². The average molecular weight is 271 g/mol. The highest BCUT2D eigenvalue weighted by Gasteiger charge is 2.21. The molecule has 1 atom stereocenters. The van der Waals surface area contributed by atoms with Crippen molar-refractivity contribution in [1.82, 2.24) is 4.90 Å². The fourth-order valence-corrected chi connectivity index (χ4v) is 1.54. The second-order valence-corrected chi connectivity index (χ2v) is 4.45. The van der Waals surface area contributed by atoms with Crippen molar-refractivity contribution < 1.29 is 14.3 Å². The predicted octanol–water partition coefficient (Wildman–Crippen LogP) is 1.56. The van der Waals surface area contributed by atoms with E-state index in [2.05, 4.69) is 0 Å². The summed E-state index contributed by atoms with van der Waals surface area (Å²) in [5, 5.41) is 0.432. The number of likely N-dealkylation sites (N-methyl/N-ethyl adjacent to an activating group) is 1. The van der Waals surface area contributed by atoms with Gasteiger partial charge in [0.1, 0.15) is 0 Å². The first-order valence-corrected chi connectivity index (χ1v) is 5.68. The Morgan fingerprint density at radius 2 is 2.00 bits per heavy atom. The number of amides is 1. The Morgan fingerprint density at radius 3 is 2.50 bits per heavy atom. The Balaban J connectivity index is 2.80. The van der Waals surface area contributed by atoms with E-state index in [1.165, 1.54) is 30.0 Å². The Bertz CT molecular complexity index is 474. The van der Waals surface area contributed by atoms with Gasteiger partial charge < -0.3 is 15.4 Å². The molecule has 0 heterocycles. The number of nitrogen functional groups attached to an aromatic ring is 1. The molecule has 98 valence electrons. The van der Waals surface area contributed by atoms with Crippen molar-refractivity contribution in [3.8, 4) is 0 Å². The molecule has 1 rings (SSSR count). The van der Waals surface area contributed by atoms with Crippen LogP contribution in [0, 0.1) is 0 Å². The van der Waals surface area contributed by atoms with Crippen molar-refractivity contribution in [2.75, 3.05) is 19.8 Å². The highest BCUT2D eigenvalue weighted by Crippen LogP contribution is 2.19. The number of anilines is 1. The fourth-order valence-electron chi connectivity index (χ4n) is 1.36. The number of hydrogen-bond donors (Lipinski definition) is 1. The maximum Gasteiger partial charge on any atom is 0.341 e. The maximum absolute atomic E-state index is 11.8. The molecule has 0 fully saturated rings. The third kappa shape index (κ3) is 3.37. The van der Waals surface area contributed by atoms with Crippen LogP contribution in [0.2, 0.25) is 5.02 Å². The summed E-state index contributed by atoms with van der Waals surface area (Å²) >= 11 is 5.73. The number of hydrogen-bond acceptors (Lipinski definition) is 4. The van der Waals surface area contributed by atoms with Crippen LogP contribution in [0.5, 0.6) is 0 Å². The van der Waals surface area contributed by atoms with Gasteiger partial charge in [-0.05, 0) is 25.1 Å². The van der Waals surface area contributed by atoms with Crippen LogP contribution >= 0.6 is 11.6 Å². The molecule has 1 amide bonds. The number of halogens is 1. The lowest BCUT2D eigenvalue weighted by atomic mass is 10.2. The third-order valence-corrected chi connectivity index (χ3v) is 2.54. The number of carbonyl (C=O) groups excluding carboxylic acids is 2. The number of rotatable bonds is 3. The van der Waals surface area contributed by atoms with Gasteiger partial charge in [0.05, 0.1) is 5.56 Å². The van der Waals surface area contributed by atoms with Crippen LogP contribution in [0.4, 0.5) is 5.69 Å².